The third kappa shape index (κ3) is 2.85. The average Bonchev–Trinajstić information content (AvgIpc) is 3.12. The van der Waals surface area contributed by atoms with Crippen molar-refractivity contribution in [2.75, 3.05) is 11.4 Å². The van der Waals surface area contributed by atoms with E-state index in [9.17, 15) is 9.59 Å². The van der Waals surface area contributed by atoms with Crippen LogP contribution in [0.3, 0.4) is 0 Å². The third-order valence-corrected chi connectivity index (χ3v) is 5.61. The zero-order valence-electron chi connectivity index (χ0n) is 16.8. The molecule has 1 aliphatic rings. The lowest BCUT2D eigenvalue weighted by Crippen LogP contribution is -2.40. The number of fused-ring (bicyclic) bond motifs is 3. The van der Waals surface area contributed by atoms with Crippen LogP contribution in [0.15, 0.2) is 33.9 Å². The van der Waals surface area contributed by atoms with Crippen LogP contribution in [0.1, 0.15) is 38.7 Å². The quantitative estimate of drug-likeness (QED) is 0.682. The van der Waals surface area contributed by atoms with Crippen LogP contribution in [0.25, 0.3) is 11.2 Å². The van der Waals surface area contributed by atoms with Crippen molar-refractivity contribution in [3.63, 3.8) is 0 Å². The van der Waals surface area contributed by atoms with E-state index in [1.54, 1.807) is 7.05 Å². The molecule has 0 fully saturated rings. The molecule has 0 N–H and O–H groups in total. The van der Waals surface area contributed by atoms with Crippen molar-refractivity contribution < 1.29 is 0 Å². The number of nitrogens with zero attached hydrogens (tertiary/aromatic N) is 5. The molecule has 0 saturated heterocycles. The molecule has 1 aromatic carbocycles. The molecule has 7 heteroatoms. The van der Waals surface area contributed by atoms with Crippen molar-refractivity contribution in [1.29, 1.82) is 0 Å². The highest BCUT2D eigenvalue weighted by molar-refractivity contribution is 5.77. The van der Waals surface area contributed by atoms with Crippen molar-refractivity contribution in [2.24, 2.45) is 7.05 Å². The molecule has 28 heavy (non-hydrogen) atoms. The van der Waals surface area contributed by atoms with Gasteiger partial charge in [-0.05, 0) is 37.0 Å². The Bertz CT molecular complexity index is 1120. The van der Waals surface area contributed by atoms with E-state index in [-0.39, 0.29) is 11.2 Å². The molecular formula is C21H27N5O2. The molecule has 2 aromatic heterocycles. The van der Waals surface area contributed by atoms with Gasteiger partial charge in [0.15, 0.2) is 11.2 Å². The highest BCUT2D eigenvalue weighted by Gasteiger charge is 2.26. The second-order valence-corrected chi connectivity index (χ2v) is 7.41. The fourth-order valence-corrected chi connectivity index (χ4v) is 3.93. The van der Waals surface area contributed by atoms with Crippen LogP contribution >= 0.6 is 0 Å². The van der Waals surface area contributed by atoms with E-state index in [0.29, 0.717) is 17.7 Å². The Morgan fingerprint density at radius 2 is 1.82 bits per heavy atom. The maximum absolute atomic E-state index is 13.1. The number of unbranched alkanes of at least 4 members (excludes halogenated alkanes) is 1. The van der Waals surface area contributed by atoms with Crippen molar-refractivity contribution in [3.8, 4) is 0 Å². The van der Waals surface area contributed by atoms with Gasteiger partial charge in [-0.2, -0.15) is 4.98 Å². The van der Waals surface area contributed by atoms with Gasteiger partial charge < -0.3 is 9.47 Å². The summed E-state index contributed by atoms with van der Waals surface area (Å²) in [6.45, 7) is 6.21. The van der Waals surface area contributed by atoms with Gasteiger partial charge in [-0.3, -0.25) is 13.9 Å². The molecule has 0 bridgehead atoms. The molecule has 0 amide bonds. The molecule has 0 spiro atoms. The van der Waals surface area contributed by atoms with Gasteiger partial charge in [0.2, 0.25) is 5.95 Å². The van der Waals surface area contributed by atoms with Crippen molar-refractivity contribution in [3.05, 3.63) is 50.7 Å². The number of hydrogen-bond donors (Lipinski definition) is 0. The maximum atomic E-state index is 13.1. The van der Waals surface area contributed by atoms with Gasteiger partial charge in [-0.25, -0.2) is 4.79 Å². The minimum atomic E-state index is -0.291. The zero-order valence-corrected chi connectivity index (χ0v) is 16.8. The van der Waals surface area contributed by atoms with Crippen molar-refractivity contribution >= 4 is 22.8 Å². The molecule has 148 valence electrons. The molecular weight excluding hydrogens is 354 g/mol. The number of anilines is 2. The normalized spacial score (nSPS) is 13.9. The van der Waals surface area contributed by atoms with Gasteiger partial charge >= 0.3 is 5.69 Å². The number of benzene rings is 1. The largest absolute Gasteiger partial charge is 0.332 e. The second kappa shape index (κ2) is 7.30. The van der Waals surface area contributed by atoms with Gasteiger partial charge in [0.05, 0.1) is 0 Å². The first-order valence-corrected chi connectivity index (χ1v) is 10.1. The number of hydrogen-bond acceptors (Lipinski definition) is 4. The molecule has 7 nitrogen and oxygen atoms in total. The minimum Gasteiger partial charge on any atom is -0.312 e. The fourth-order valence-electron chi connectivity index (χ4n) is 3.93. The molecule has 0 unspecified atom stereocenters. The van der Waals surface area contributed by atoms with E-state index in [1.807, 2.05) is 4.57 Å². The summed E-state index contributed by atoms with van der Waals surface area (Å²) >= 11 is 0. The molecule has 0 atom stereocenters. The van der Waals surface area contributed by atoms with Crippen LogP contribution in [-0.2, 0) is 26.6 Å². The number of rotatable bonds is 5. The van der Waals surface area contributed by atoms with Crippen molar-refractivity contribution in [2.45, 2.75) is 52.6 Å². The van der Waals surface area contributed by atoms with E-state index in [0.717, 1.165) is 50.4 Å². The highest BCUT2D eigenvalue weighted by Crippen LogP contribution is 2.31. The van der Waals surface area contributed by atoms with Gasteiger partial charge in [0.25, 0.3) is 5.56 Å². The smallest absolute Gasteiger partial charge is 0.312 e. The summed E-state index contributed by atoms with van der Waals surface area (Å²) in [4.78, 5) is 32.7. The molecule has 3 heterocycles. The Morgan fingerprint density at radius 1 is 1.07 bits per heavy atom. The number of aromatic nitrogens is 4. The summed E-state index contributed by atoms with van der Waals surface area (Å²) in [6.07, 6.45) is 3.65. The van der Waals surface area contributed by atoms with Crippen LogP contribution in [-0.4, -0.2) is 25.2 Å². The molecule has 1 aliphatic heterocycles. The summed E-state index contributed by atoms with van der Waals surface area (Å²) in [5.41, 5.74) is 2.83. The standard InChI is InChI=1S/C21H27N5O2/c1-4-6-12-26-19(27)17-18(23(3)21(26)28)22-20-24(13-7-14-25(17)20)16-10-8-15(5-2)9-11-16/h8-11H,4-7,12-14H2,1-3H3. The molecule has 0 aliphatic carbocycles. The molecule has 4 rings (SSSR count). The zero-order chi connectivity index (χ0) is 19.8. The van der Waals surface area contributed by atoms with Crippen LogP contribution < -0.4 is 16.1 Å². The minimum absolute atomic E-state index is 0.228. The van der Waals surface area contributed by atoms with Crippen molar-refractivity contribution in [1.82, 2.24) is 18.7 Å². The Balaban J connectivity index is 1.90. The SMILES string of the molecule is CCCCn1c(=O)c2c(nc3n2CCCN3c2ccc(CC)cc2)n(C)c1=O. The Kier molecular flexibility index (Phi) is 4.83. The predicted molar refractivity (Wildman–Crippen MR) is 112 cm³/mol. The summed E-state index contributed by atoms with van der Waals surface area (Å²) in [7, 11) is 1.70. The lowest BCUT2D eigenvalue weighted by atomic mass is 10.1. The van der Waals surface area contributed by atoms with E-state index >= 15 is 0 Å². The first-order chi connectivity index (χ1) is 13.6. The summed E-state index contributed by atoms with van der Waals surface area (Å²) in [5, 5.41) is 0. The molecule has 3 aromatic rings. The number of imidazole rings is 1. The van der Waals surface area contributed by atoms with Crippen LogP contribution in [0.5, 0.6) is 0 Å². The van der Waals surface area contributed by atoms with E-state index in [1.165, 1.54) is 14.7 Å². The monoisotopic (exact) mass is 381 g/mol. The average molecular weight is 381 g/mol. The second-order valence-electron chi connectivity index (χ2n) is 7.41. The van der Waals surface area contributed by atoms with Gasteiger partial charge in [0, 0.05) is 32.4 Å². The Morgan fingerprint density at radius 3 is 2.50 bits per heavy atom. The Hall–Kier alpha value is -2.83. The highest BCUT2D eigenvalue weighted by atomic mass is 16.2. The number of aryl methyl sites for hydroxylation is 3. The predicted octanol–water partition coefficient (Wildman–Crippen LogP) is 2.80. The third-order valence-electron chi connectivity index (χ3n) is 5.61. The van der Waals surface area contributed by atoms with E-state index in [4.69, 9.17) is 4.98 Å². The van der Waals surface area contributed by atoms with Crippen LogP contribution in [0, 0.1) is 0 Å². The summed E-state index contributed by atoms with van der Waals surface area (Å²) in [6, 6.07) is 8.47. The first kappa shape index (κ1) is 18.5. The maximum Gasteiger partial charge on any atom is 0.332 e. The van der Waals surface area contributed by atoms with Crippen LogP contribution in [0.2, 0.25) is 0 Å². The van der Waals surface area contributed by atoms with E-state index < -0.39 is 0 Å². The topological polar surface area (TPSA) is 65.1 Å². The summed E-state index contributed by atoms with van der Waals surface area (Å²) in [5.74, 6) is 0.742. The fraction of sp³-hybridized carbons (Fsp3) is 0.476. The van der Waals surface area contributed by atoms with Crippen LogP contribution in [0.4, 0.5) is 11.6 Å². The Labute approximate surface area is 163 Å². The van der Waals surface area contributed by atoms with Gasteiger partial charge in [0.1, 0.15) is 0 Å². The first-order valence-electron chi connectivity index (χ1n) is 10.1. The van der Waals surface area contributed by atoms with Gasteiger partial charge in [-0.1, -0.05) is 32.4 Å². The lowest BCUT2D eigenvalue weighted by Gasteiger charge is -2.29. The van der Waals surface area contributed by atoms with Gasteiger partial charge in [-0.15, -0.1) is 0 Å². The summed E-state index contributed by atoms with van der Waals surface area (Å²) < 4.78 is 4.85. The molecule has 0 saturated carbocycles. The van der Waals surface area contributed by atoms with E-state index in [2.05, 4.69) is 43.0 Å². The molecule has 0 radical (unpaired) electrons. The lowest BCUT2D eigenvalue weighted by molar-refractivity contribution is 0.560.